The van der Waals surface area contributed by atoms with Gasteiger partial charge in [-0.3, -0.25) is 14.5 Å². The molecule has 2 aliphatic heterocycles. The van der Waals surface area contributed by atoms with Crippen molar-refractivity contribution < 1.29 is 14.3 Å². The molecule has 3 heterocycles. The van der Waals surface area contributed by atoms with Gasteiger partial charge < -0.3 is 14.5 Å². The van der Waals surface area contributed by atoms with Crippen molar-refractivity contribution in [3.8, 4) is 0 Å². The van der Waals surface area contributed by atoms with Crippen LogP contribution in [0.1, 0.15) is 33.0 Å². The molecule has 0 atom stereocenters. The fourth-order valence-corrected chi connectivity index (χ4v) is 5.18. The first-order chi connectivity index (χ1) is 12.7. The van der Waals surface area contributed by atoms with Crippen molar-refractivity contribution in [2.24, 2.45) is 0 Å². The van der Waals surface area contributed by atoms with E-state index < -0.39 is 0 Å². The summed E-state index contributed by atoms with van der Waals surface area (Å²) in [5, 5.41) is 0. The summed E-state index contributed by atoms with van der Waals surface area (Å²) in [7, 11) is 0. The van der Waals surface area contributed by atoms with Crippen LogP contribution in [0.5, 0.6) is 0 Å². The number of carbonyl (C=O) groups is 2. The Bertz CT molecular complexity index is 637. The Morgan fingerprint density at radius 3 is 2.38 bits per heavy atom. The molecule has 0 N–H and O–H groups in total. The molecule has 0 saturated carbocycles. The smallest absolute Gasteiger partial charge is 0.264 e. The lowest BCUT2D eigenvalue weighted by atomic mass is 9.99. The van der Waals surface area contributed by atoms with Crippen molar-refractivity contribution in [3.63, 3.8) is 0 Å². The summed E-state index contributed by atoms with van der Waals surface area (Å²) in [4.78, 5) is 33.6. The van der Waals surface area contributed by atoms with Gasteiger partial charge in [-0.2, -0.15) is 0 Å². The first kappa shape index (κ1) is 17.9. The lowest BCUT2D eigenvalue weighted by Crippen LogP contribution is -2.53. The molecule has 6 nitrogen and oxygen atoms in total. The third-order valence-corrected chi connectivity index (χ3v) is 6.81. The Morgan fingerprint density at radius 1 is 0.962 bits per heavy atom. The van der Waals surface area contributed by atoms with Crippen LogP contribution in [0.2, 0.25) is 0 Å². The zero-order chi connectivity index (χ0) is 17.9. The van der Waals surface area contributed by atoms with Crippen LogP contribution in [-0.4, -0.2) is 85.5 Å². The van der Waals surface area contributed by atoms with Crippen LogP contribution in [0.4, 0.5) is 0 Å². The molecule has 1 aromatic rings. The fourth-order valence-electron chi connectivity index (χ4n) is 3.96. The minimum absolute atomic E-state index is 0.143. The first-order valence-corrected chi connectivity index (χ1v) is 10.5. The summed E-state index contributed by atoms with van der Waals surface area (Å²) < 4.78 is 5.33. The highest BCUT2D eigenvalue weighted by molar-refractivity contribution is 7.14. The second-order valence-electron chi connectivity index (χ2n) is 7.33. The maximum absolute atomic E-state index is 12.8. The standard InChI is InChI=1S/C19H27N3O3S/c23-18(14-20-9-11-25-12-10-20)21-5-7-22(8-6-21)19(24)17-13-15-3-1-2-4-16(15)26-17/h13H,1-12,14H2. The average molecular weight is 378 g/mol. The molecule has 0 bridgehead atoms. The third kappa shape index (κ3) is 3.94. The second kappa shape index (κ2) is 8.06. The number of amides is 2. The second-order valence-corrected chi connectivity index (χ2v) is 8.46. The van der Waals surface area contributed by atoms with Crippen molar-refractivity contribution in [2.75, 3.05) is 59.0 Å². The van der Waals surface area contributed by atoms with Crippen molar-refractivity contribution in [1.29, 1.82) is 0 Å². The monoisotopic (exact) mass is 377 g/mol. The largest absolute Gasteiger partial charge is 0.379 e. The lowest BCUT2D eigenvalue weighted by Gasteiger charge is -2.36. The number of morpholine rings is 1. The predicted octanol–water partition coefficient (Wildman–Crippen LogP) is 1.24. The van der Waals surface area contributed by atoms with Gasteiger partial charge in [0.15, 0.2) is 0 Å². The number of aryl methyl sites for hydroxylation is 2. The van der Waals surface area contributed by atoms with E-state index in [1.54, 1.807) is 11.3 Å². The molecular formula is C19H27N3O3S. The average Bonchev–Trinajstić information content (AvgIpc) is 3.12. The molecule has 142 valence electrons. The fraction of sp³-hybridized carbons (Fsp3) is 0.684. The molecule has 1 aromatic heterocycles. The van der Waals surface area contributed by atoms with Gasteiger partial charge >= 0.3 is 0 Å². The Hall–Kier alpha value is -1.44. The van der Waals surface area contributed by atoms with Crippen LogP contribution in [0.25, 0.3) is 0 Å². The Morgan fingerprint density at radius 2 is 1.65 bits per heavy atom. The van der Waals surface area contributed by atoms with E-state index in [0.29, 0.717) is 45.9 Å². The van der Waals surface area contributed by atoms with Gasteiger partial charge in [-0.25, -0.2) is 0 Å². The summed E-state index contributed by atoms with van der Waals surface area (Å²) >= 11 is 1.68. The number of piperazine rings is 1. The molecule has 2 amide bonds. The molecule has 1 aliphatic carbocycles. The van der Waals surface area contributed by atoms with Gasteiger partial charge in [0.05, 0.1) is 24.6 Å². The minimum Gasteiger partial charge on any atom is -0.379 e. The molecule has 0 unspecified atom stereocenters. The number of rotatable bonds is 3. The molecule has 3 aliphatic rings. The van der Waals surface area contributed by atoms with Crippen molar-refractivity contribution >= 4 is 23.2 Å². The minimum atomic E-state index is 0.143. The number of ether oxygens (including phenoxy) is 1. The van der Waals surface area contributed by atoms with E-state index in [1.807, 2.05) is 9.80 Å². The molecular weight excluding hydrogens is 350 g/mol. The summed E-state index contributed by atoms with van der Waals surface area (Å²) in [6.07, 6.45) is 4.71. The molecule has 2 saturated heterocycles. The number of thiophene rings is 1. The normalized spacial score (nSPS) is 21.5. The maximum Gasteiger partial charge on any atom is 0.264 e. The van der Waals surface area contributed by atoms with Gasteiger partial charge in [0.2, 0.25) is 5.91 Å². The van der Waals surface area contributed by atoms with Gasteiger partial charge in [-0.15, -0.1) is 11.3 Å². The summed E-state index contributed by atoms with van der Waals surface area (Å²) in [5.74, 6) is 0.315. The highest BCUT2D eigenvalue weighted by atomic mass is 32.1. The quantitative estimate of drug-likeness (QED) is 0.795. The van der Waals surface area contributed by atoms with E-state index in [4.69, 9.17) is 4.74 Å². The van der Waals surface area contributed by atoms with Crippen LogP contribution < -0.4 is 0 Å². The summed E-state index contributed by atoms with van der Waals surface area (Å²) in [5.41, 5.74) is 1.38. The van der Waals surface area contributed by atoms with E-state index in [0.717, 1.165) is 30.8 Å². The van der Waals surface area contributed by atoms with Crippen LogP contribution in [0, 0.1) is 0 Å². The van der Waals surface area contributed by atoms with E-state index in [9.17, 15) is 9.59 Å². The van der Waals surface area contributed by atoms with Crippen molar-refractivity contribution in [1.82, 2.24) is 14.7 Å². The van der Waals surface area contributed by atoms with Crippen LogP contribution in [0.15, 0.2) is 6.07 Å². The Kier molecular flexibility index (Phi) is 5.57. The molecule has 2 fully saturated rings. The molecule has 0 spiro atoms. The molecule has 7 heteroatoms. The zero-order valence-corrected chi connectivity index (χ0v) is 16.1. The highest BCUT2D eigenvalue weighted by Gasteiger charge is 2.27. The van der Waals surface area contributed by atoms with Crippen LogP contribution in [0.3, 0.4) is 0 Å². The van der Waals surface area contributed by atoms with E-state index >= 15 is 0 Å². The Labute approximate surface area is 158 Å². The topological polar surface area (TPSA) is 53.1 Å². The van der Waals surface area contributed by atoms with E-state index in [-0.39, 0.29) is 11.8 Å². The molecule has 26 heavy (non-hydrogen) atoms. The van der Waals surface area contributed by atoms with Gasteiger partial charge in [0, 0.05) is 44.1 Å². The summed E-state index contributed by atoms with van der Waals surface area (Å²) in [6, 6.07) is 2.11. The Balaban J connectivity index is 1.29. The van der Waals surface area contributed by atoms with Gasteiger partial charge in [-0.05, 0) is 37.3 Å². The zero-order valence-electron chi connectivity index (χ0n) is 15.2. The van der Waals surface area contributed by atoms with Gasteiger partial charge in [-0.1, -0.05) is 0 Å². The van der Waals surface area contributed by atoms with Crippen molar-refractivity contribution in [3.05, 3.63) is 21.4 Å². The SMILES string of the molecule is O=C(CN1CCOCC1)N1CCN(C(=O)c2cc3c(s2)CCCC3)CC1. The molecule has 0 radical (unpaired) electrons. The third-order valence-electron chi connectivity index (χ3n) is 5.59. The number of hydrogen-bond acceptors (Lipinski definition) is 5. The predicted molar refractivity (Wildman–Crippen MR) is 101 cm³/mol. The van der Waals surface area contributed by atoms with E-state index in [1.165, 1.54) is 23.3 Å². The van der Waals surface area contributed by atoms with Crippen LogP contribution in [-0.2, 0) is 22.4 Å². The van der Waals surface area contributed by atoms with Crippen LogP contribution >= 0.6 is 11.3 Å². The summed E-state index contributed by atoms with van der Waals surface area (Å²) in [6.45, 7) is 6.09. The lowest BCUT2D eigenvalue weighted by molar-refractivity contribution is -0.134. The number of fused-ring (bicyclic) bond motifs is 1. The number of hydrogen-bond donors (Lipinski definition) is 0. The number of carbonyl (C=O) groups excluding carboxylic acids is 2. The molecule has 4 rings (SSSR count). The van der Waals surface area contributed by atoms with Gasteiger partial charge in [0.25, 0.3) is 5.91 Å². The number of nitrogens with zero attached hydrogens (tertiary/aromatic N) is 3. The molecule has 0 aromatic carbocycles. The maximum atomic E-state index is 12.8. The first-order valence-electron chi connectivity index (χ1n) is 9.69. The van der Waals surface area contributed by atoms with Gasteiger partial charge in [0.1, 0.15) is 0 Å². The van der Waals surface area contributed by atoms with E-state index in [2.05, 4.69) is 11.0 Å². The highest BCUT2D eigenvalue weighted by Crippen LogP contribution is 2.30. The van der Waals surface area contributed by atoms with Crippen molar-refractivity contribution in [2.45, 2.75) is 25.7 Å².